The van der Waals surface area contributed by atoms with E-state index in [4.69, 9.17) is 9.72 Å². The lowest BCUT2D eigenvalue weighted by atomic mass is 10.1. The number of ether oxygens (including phenoxy) is 1. The summed E-state index contributed by atoms with van der Waals surface area (Å²) in [5, 5.41) is 9.38. The molecule has 4 heterocycles. The lowest BCUT2D eigenvalue weighted by Crippen LogP contribution is -2.01. The average molecular weight is 644 g/mol. The summed E-state index contributed by atoms with van der Waals surface area (Å²) >= 11 is 0. The highest BCUT2D eigenvalue weighted by molar-refractivity contribution is 6.10. The summed E-state index contributed by atoms with van der Waals surface area (Å²) in [7, 11) is 0. The lowest BCUT2D eigenvalue weighted by molar-refractivity contribution is 0.483. The topological polar surface area (TPSA) is 49.8 Å². The van der Waals surface area contributed by atoms with Crippen molar-refractivity contribution in [3.63, 3.8) is 0 Å². The number of para-hydroxylation sites is 3. The van der Waals surface area contributed by atoms with Gasteiger partial charge in [-0.1, -0.05) is 91.0 Å². The zero-order valence-electron chi connectivity index (χ0n) is 26.9. The van der Waals surface area contributed by atoms with Crippen LogP contribution in [-0.2, 0) is 0 Å². The number of benzene rings is 6. The van der Waals surface area contributed by atoms with Gasteiger partial charge in [0.05, 0.1) is 39.6 Å². The second-order valence-electron chi connectivity index (χ2n) is 12.4. The maximum atomic E-state index is 6.53. The van der Waals surface area contributed by atoms with Crippen LogP contribution >= 0.6 is 0 Å². The van der Waals surface area contributed by atoms with Crippen LogP contribution in [0.15, 0.2) is 176 Å². The summed E-state index contributed by atoms with van der Waals surface area (Å²) in [6.45, 7) is 0. The highest BCUT2D eigenvalue weighted by Crippen LogP contribution is 2.37. The predicted octanol–water partition coefficient (Wildman–Crippen LogP) is 10.9. The average Bonchev–Trinajstić information content (AvgIpc) is 3.89. The predicted molar refractivity (Wildman–Crippen MR) is 202 cm³/mol. The maximum Gasteiger partial charge on any atom is 0.139 e. The third-order valence-electron chi connectivity index (χ3n) is 9.45. The lowest BCUT2D eigenvalue weighted by Gasteiger charge is -2.12. The molecule has 0 aliphatic carbocycles. The van der Waals surface area contributed by atoms with Crippen LogP contribution in [0.1, 0.15) is 0 Å². The van der Waals surface area contributed by atoms with Gasteiger partial charge in [-0.25, -0.2) is 9.67 Å². The van der Waals surface area contributed by atoms with Crippen molar-refractivity contribution >= 4 is 43.6 Å². The molecule has 236 valence electrons. The number of nitrogens with zero attached hydrogens (tertiary/aromatic N) is 5. The third kappa shape index (κ3) is 4.58. The smallest absolute Gasteiger partial charge is 0.139 e. The fourth-order valence-corrected chi connectivity index (χ4v) is 7.20. The van der Waals surface area contributed by atoms with Crippen molar-refractivity contribution in [3.05, 3.63) is 176 Å². The molecule has 6 nitrogen and oxygen atoms in total. The molecule has 0 N–H and O–H groups in total. The van der Waals surface area contributed by atoms with Crippen molar-refractivity contribution in [2.45, 2.75) is 0 Å². The Morgan fingerprint density at radius 3 is 1.82 bits per heavy atom. The van der Waals surface area contributed by atoms with Crippen LogP contribution in [0.2, 0.25) is 0 Å². The van der Waals surface area contributed by atoms with Crippen LogP contribution in [0.25, 0.3) is 71.9 Å². The van der Waals surface area contributed by atoms with Gasteiger partial charge in [-0.3, -0.25) is 4.57 Å². The van der Waals surface area contributed by atoms with Crippen molar-refractivity contribution in [2.75, 3.05) is 0 Å². The van der Waals surface area contributed by atoms with Gasteiger partial charge in [0.15, 0.2) is 0 Å². The highest BCUT2D eigenvalue weighted by atomic mass is 16.5. The van der Waals surface area contributed by atoms with Crippen LogP contribution in [0.3, 0.4) is 0 Å². The van der Waals surface area contributed by atoms with Gasteiger partial charge in [0.2, 0.25) is 0 Å². The van der Waals surface area contributed by atoms with Gasteiger partial charge in [0.25, 0.3) is 0 Å². The zero-order chi connectivity index (χ0) is 33.0. The summed E-state index contributed by atoms with van der Waals surface area (Å²) in [4.78, 5) is 4.93. The van der Waals surface area contributed by atoms with E-state index in [1.807, 2.05) is 71.8 Å². The Kier molecular flexibility index (Phi) is 6.39. The van der Waals surface area contributed by atoms with Crippen LogP contribution in [-0.4, -0.2) is 23.9 Å². The van der Waals surface area contributed by atoms with E-state index in [1.54, 1.807) is 0 Å². The molecule has 6 aromatic carbocycles. The summed E-state index contributed by atoms with van der Waals surface area (Å²) < 4.78 is 13.0. The van der Waals surface area contributed by atoms with E-state index in [2.05, 4.69) is 123 Å². The van der Waals surface area contributed by atoms with Crippen LogP contribution in [0.5, 0.6) is 11.5 Å². The number of hydrogen-bond donors (Lipinski definition) is 0. The first-order valence-corrected chi connectivity index (χ1v) is 16.7. The molecule has 0 radical (unpaired) electrons. The molecule has 0 bridgehead atoms. The Morgan fingerprint density at radius 2 is 1.08 bits per heavy atom. The molecule has 0 aliphatic heterocycles. The molecule has 0 aliphatic rings. The van der Waals surface area contributed by atoms with Gasteiger partial charge >= 0.3 is 0 Å². The van der Waals surface area contributed by atoms with Gasteiger partial charge < -0.3 is 9.30 Å². The van der Waals surface area contributed by atoms with Gasteiger partial charge in [0.1, 0.15) is 17.3 Å². The first-order valence-electron chi connectivity index (χ1n) is 16.7. The van der Waals surface area contributed by atoms with E-state index in [0.29, 0.717) is 0 Å². The Balaban J connectivity index is 1.06. The van der Waals surface area contributed by atoms with E-state index in [1.165, 1.54) is 10.8 Å². The maximum absolute atomic E-state index is 6.53. The largest absolute Gasteiger partial charge is 0.457 e. The highest BCUT2D eigenvalue weighted by Gasteiger charge is 2.17. The molecule has 0 spiro atoms. The van der Waals surface area contributed by atoms with Crippen LogP contribution in [0.4, 0.5) is 0 Å². The number of fused-ring (bicyclic) bond motifs is 6. The molecule has 0 amide bonds. The number of aromatic nitrogens is 5. The minimum absolute atomic E-state index is 0.729. The Hall–Kier alpha value is -6.92. The number of hydrogen-bond acceptors (Lipinski definition) is 3. The molecule has 10 rings (SSSR count). The summed E-state index contributed by atoms with van der Waals surface area (Å²) in [5.74, 6) is 2.30. The second kappa shape index (κ2) is 11.4. The molecular formula is C44H29N5O. The second-order valence-corrected chi connectivity index (χ2v) is 12.4. The minimum Gasteiger partial charge on any atom is -0.457 e. The van der Waals surface area contributed by atoms with Crippen molar-refractivity contribution in [3.8, 4) is 39.8 Å². The van der Waals surface area contributed by atoms with Crippen LogP contribution < -0.4 is 4.74 Å². The molecule has 50 heavy (non-hydrogen) atoms. The summed E-state index contributed by atoms with van der Waals surface area (Å²) in [5.41, 5.74) is 8.60. The zero-order valence-corrected chi connectivity index (χ0v) is 26.9. The first-order chi connectivity index (χ1) is 24.8. The standard InChI is InChI=1S/C44H29N5O/c1-2-11-30(12-3-1)31-28-46-47(29-31)32-13-10-14-34(25-32)50-35-21-22-39-38-17-6-9-20-42(38)49(43(39)27-35)44-26-33(23-24-45-44)48-40-18-7-4-15-36(40)37-16-5-8-19-41(37)48/h1-29H. The van der Waals surface area contributed by atoms with Gasteiger partial charge in [-0.05, 0) is 54.1 Å². The fourth-order valence-electron chi connectivity index (χ4n) is 7.20. The summed E-state index contributed by atoms with van der Waals surface area (Å²) in [6.07, 6.45) is 5.83. The van der Waals surface area contributed by atoms with E-state index in [-0.39, 0.29) is 0 Å². The molecule has 10 aromatic rings. The normalized spacial score (nSPS) is 11.6. The van der Waals surface area contributed by atoms with Gasteiger partial charge in [0, 0.05) is 57.7 Å². The van der Waals surface area contributed by atoms with Gasteiger partial charge in [-0.15, -0.1) is 0 Å². The van der Waals surface area contributed by atoms with E-state index < -0.39 is 0 Å². The van der Waals surface area contributed by atoms with E-state index in [0.717, 1.165) is 72.7 Å². The van der Waals surface area contributed by atoms with Crippen molar-refractivity contribution < 1.29 is 4.74 Å². The van der Waals surface area contributed by atoms with E-state index in [9.17, 15) is 0 Å². The van der Waals surface area contributed by atoms with E-state index >= 15 is 0 Å². The molecule has 0 fully saturated rings. The number of rotatable bonds is 6. The monoisotopic (exact) mass is 643 g/mol. The quantitative estimate of drug-likeness (QED) is 0.181. The summed E-state index contributed by atoms with van der Waals surface area (Å²) in [6, 6.07) is 54.5. The molecule has 0 saturated carbocycles. The third-order valence-corrected chi connectivity index (χ3v) is 9.45. The SMILES string of the molecule is c1ccc(-c2cnn(-c3cccc(Oc4ccc5c6ccccc6n(-c6cc(-n7c8ccccc8c8ccccc87)ccn6)c5c4)c3)c2)cc1. The van der Waals surface area contributed by atoms with Crippen molar-refractivity contribution in [1.29, 1.82) is 0 Å². The van der Waals surface area contributed by atoms with Crippen molar-refractivity contribution in [2.24, 2.45) is 0 Å². The molecule has 4 aromatic heterocycles. The number of pyridine rings is 1. The Morgan fingerprint density at radius 1 is 0.440 bits per heavy atom. The molecular weight excluding hydrogens is 615 g/mol. The Labute approximate surface area is 287 Å². The van der Waals surface area contributed by atoms with Gasteiger partial charge in [-0.2, -0.15) is 5.10 Å². The Bertz CT molecular complexity index is 2810. The minimum atomic E-state index is 0.729. The molecule has 6 heteroatoms. The first kappa shape index (κ1) is 28.1. The molecule has 0 atom stereocenters. The molecule has 0 unspecified atom stereocenters. The van der Waals surface area contributed by atoms with Crippen LogP contribution in [0, 0.1) is 0 Å². The molecule has 0 saturated heterocycles. The fraction of sp³-hybridized carbons (Fsp3) is 0. The van der Waals surface area contributed by atoms with Crippen molar-refractivity contribution in [1.82, 2.24) is 23.9 Å².